The summed E-state index contributed by atoms with van der Waals surface area (Å²) < 4.78 is 0. The fourth-order valence-corrected chi connectivity index (χ4v) is 15.6. The van der Waals surface area contributed by atoms with Crippen molar-refractivity contribution in [2.24, 2.45) is 0 Å². The largest absolute Gasteiger partial charge is 0.125 e. The lowest BCUT2D eigenvalue weighted by atomic mass is 10.0. The van der Waals surface area contributed by atoms with Crippen molar-refractivity contribution in [3.05, 3.63) is 17.7 Å². The fraction of sp³-hybridized carbons (Fsp3) is 0.918. The Morgan fingerprint density at radius 1 is 0.197 bits per heavy atom. The molecule has 1 aromatic rings. The van der Waals surface area contributed by atoms with Crippen LogP contribution >= 0.6 is 35.3 Å². The van der Waals surface area contributed by atoms with Crippen LogP contribution in [0.2, 0.25) is 0 Å². The highest BCUT2D eigenvalue weighted by Crippen LogP contribution is 2.41. The number of aryl methyl sites for hydroxylation is 1. The van der Waals surface area contributed by atoms with Gasteiger partial charge in [-0.15, -0.1) is 35.3 Å². The molecule has 76 heavy (non-hydrogen) atoms. The van der Waals surface area contributed by atoms with E-state index in [1.807, 2.05) is 0 Å². The molecule has 0 amide bonds. The van der Waals surface area contributed by atoms with Gasteiger partial charge in [-0.2, -0.15) is 0 Å². The Bertz CT molecular complexity index is 1160. The number of hydrogen-bond donors (Lipinski definition) is 0. The van der Waals surface area contributed by atoms with E-state index in [0.717, 1.165) is 0 Å². The Kier molecular flexibility index (Phi) is 63.0. The van der Waals surface area contributed by atoms with Crippen LogP contribution in [-0.2, 0) is 0 Å². The van der Waals surface area contributed by atoms with Crippen molar-refractivity contribution in [3.63, 3.8) is 0 Å². The summed E-state index contributed by atoms with van der Waals surface area (Å²) in [6.07, 6.45) is 87.5. The second kappa shape index (κ2) is 64.4. The fourth-order valence-electron chi connectivity index (χ4n) is 11.7. The van der Waals surface area contributed by atoms with Crippen molar-refractivity contribution in [1.82, 2.24) is 0 Å². The SMILES string of the molecule is CCCCCCCCCCCCCCCCCCCCCCSc1cc(C)cc(SCCCCCCCCCCCCCCCCCCCCCC)c1SCCCCCCCCCCCCCCCCCCCCCC. The second-order valence-corrected chi connectivity index (χ2v) is 28.2. The van der Waals surface area contributed by atoms with Gasteiger partial charge in [-0.05, 0) is 61.1 Å². The van der Waals surface area contributed by atoms with Gasteiger partial charge < -0.3 is 0 Å². The summed E-state index contributed by atoms with van der Waals surface area (Å²) in [5.41, 5.74) is 1.47. The maximum atomic E-state index is 2.54. The Hall–Kier alpha value is 0.270. The molecule has 0 nitrogen and oxygen atoms in total. The standard InChI is InChI=1S/C73H140S3/c1-5-8-11-14-17-20-23-26-29-32-35-38-41-44-47-50-53-56-59-62-65-74-71-68-70(4)69-72(75-66-63-60-57-54-51-48-45-42-39-36-33-30-27-24-21-18-15-12-9-6-2)73(71)76-67-64-61-58-55-52-49-46-43-40-37-34-31-28-25-22-19-16-13-10-7-3/h68-69H,5-67H2,1-4H3. The number of unbranched alkanes of at least 4 members (excludes halogenated alkanes) is 57. The zero-order chi connectivity index (χ0) is 54.4. The van der Waals surface area contributed by atoms with Crippen molar-refractivity contribution >= 4 is 35.3 Å². The molecule has 0 bridgehead atoms. The zero-order valence-corrected chi connectivity index (χ0v) is 55.4. The van der Waals surface area contributed by atoms with Gasteiger partial charge in [0.15, 0.2) is 0 Å². The molecule has 1 aromatic carbocycles. The number of rotatable bonds is 66. The van der Waals surface area contributed by atoms with Crippen LogP contribution < -0.4 is 0 Å². The predicted octanol–water partition coefficient (Wildman–Crippen LogP) is 28.7. The highest BCUT2D eigenvalue weighted by atomic mass is 32.2. The molecule has 0 unspecified atom stereocenters. The van der Waals surface area contributed by atoms with Crippen LogP contribution in [0.15, 0.2) is 26.8 Å². The van der Waals surface area contributed by atoms with Crippen LogP contribution in [0, 0.1) is 6.92 Å². The third kappa shape index (κ3) is 54.8. The quantitative estimate of drug-likeness (QED) is 0.0471. The molecule has 3 heteroatoms. The van der Waals surface area contributed by atoms with Gasteiger partial charge in [-0.3, -0.25) is 0 Å². The normalized spacial score (nSPS) is 11.7. The lowest BCUT2D eigenvalue weighted by Crippen LogP contribution is -1.92. The minimum Gasteiger partial charge on any atom is -0.125 e. The van der Waals surface area contributed by atoms with E-state index in [2.05, 4.69) is 75.1 Å². The predicted molar refractivity (Wildman–Crippen MR) is 357 cm³/mol. The maximum absolute atomic E-state index is 2.54. The molecule has 0 aliphatic carbocycles. The minimum atomic E-state index is 1.29. The summed E-state index contributed by atoms with van der Waals surface area (Å²) in [5, 5.41) is 0. The Balaban J connectivity index is 2.30. The molecule has 0 saturated carbocycles. The van der Waals surface area contributed by atoms with Gasteiger partial charge in [0.2, 0.25) is 0 Å². The lowest BCUT2D eigenvalue weighted by Gasteiger charge is -2.16. The minimum absolute atomic E-state index is 1.29. The molecule has 0 spiro atoms. The average molecular weight is 1110 g/mol. The van der Waals surface area contributed by atoms with Crippen LogP contribution in [0.3, 0.4) is 0 Å². The number of thioether (sulfide) groups is 3. The smallest absolute Gasteiger partial charge is 0.0344 e. The molecule has 0 aliphatic rings. The first-order valence-electron chi connectivity index (χ1n) is 35.8. The van der Waals surface area contributed by atoms with E-state index in [1.54, 1.807) is 14.7 Å². The van der Waals surface area contributed by atoms with Crippen molar-refractivity contribution in [2.75, 3.05) is 17.3 Å². The average Bonchev–Trinajstić information content (AvgIpc) is 3.42. The van der Waals surface area contributed by atoms with Gasteiger partial charge in [-0.25, -0.2) is 0 Å². The van der Waals surface area contributed by atoms with Crippen molar-refractivity contribution in [2.45, 2.75) is 428 Å². The summed E-state index contributed by atoms with van der Waals surface area (Å²) in [6, 6.07) is 5.09. The van der Waals surface area contributed by atoms with E-state index in [9.17, 15) is 0 Å². The highest BCUT2D eigenvalue weighted by Gasteiger charge is 2.13. The molecule has 0 atom stereocenters. The van der Waals surface area contributed by atoms with Gasteiger partial charge in [-0.1, -0.05) is 387 Å². The molecule has 0 saturated heterocycles. The van der Waals surface area contributed by atoms with Crippen LogP contribution in [0.5, 0.6) is 0 Å². The van der Waals surface area contributed by atoms with Gasteiger partial charge >= 0.3 is 0 Å². The van der Waals surface area contributed by atoms with Crippen molar-refractivity contribution < 1.29 is 0 Å². The van der Waals surface area contributed by atoms with E-state index in [-0.39, 0.29) is 0 Å². The monoisotopic (exact) mass is 1110 g/mol. The molecule has 0 radical (unpaired) electrons. The summed E-state index contributed by atoms with van der Waals surface area (Å²) in [7, 11) is 0. The van der Waals surface area contributed by atoms with E-state index < -0.39 is 0 Å². The summed E-state index contributed by atoms with van der Waals surface area (Å²) in [4.78, 5) is 4.84. The Labute approximate surface area is 494 Å². The molecule has 0 aliphatic heterocycles. The first kappa shape index (κ1) is 74.3. The van der Waals surface area contributed by atoms with Crippen LogP contribution in [0.4, 0.5) is 0 Å². The third-order valence-electron chi connectivity index (χ3n) is 16.9. The topological polar surface area (TPSA) is 0 Å². The van der Waals surface area contributed by atoms with E-state index in [1.165, 1.54) is 408 Å². The first-order chi connectivity index (χ1) is 37.7. The van der Waals surface area contributed by atoms with Gasteiger partial charge in [0, 0.05) is 14.7 Å². The lowest BCUT2D eigenvalue weighted by molar-refractivity contribution is 0.523. The van der Waals surface area contributed by atoms with Crippen LogP contribution in [-0.4, -0.2) is 17.3 Å². The Morgan fingerprint density at radius 3 is 0.513 bits per heavy atom. The van der Waals surface area contributed by atoms with Crippen LogP contribution in [0.25, 0.3) is 0 Å². The molecule has 0 fully saturated rings. The molecular formula is C73H140S3. The van der Waals surface area contributed by atoms with Crippen molar-refractivity contribution in [1.29, 1.82) is 0 Å². The zero-order valence-electron chi connectivity index (χ0n) is 52.9. The van der Waals surface area contributed by atoms with Gasteiger partial charge in [0.25, 0.3) is 0 Å². The number of benzene rings is 1. The molecule has 0 heterocycles. The molecule has 450 valence electrons. The van der Waals surface area contributed by atoms with Crippen LogP contribution in [0.1, 0.15) is 412 Å². The summed E-state index contributed by atoms with van der Waals surface area (Å²) >= 11 is 6.59. The molecule has 0 aromatic heterocycles. The molecule has 0 N–H and O–H groups in total. The van der Waals surface area contributed by atoms with Crippen molar-refractivity contribution in [3.8, 4) is 0 Å². The first-order valence-corrected chi connectivity index (χ1v) is 38.7. The summed E-state index contributed by atoms with van der Waals surface area (Å²) in [6.45, 7) is 9.32. The van der Waals surface area contributed by atoms with Gasteiger partial charge in [0.05, 0.1) is 0 Å². The third-order valence-corrected chi connectivity index (χ3v) is 20.7. The maximum Gasteiger partial charge on any atom is 0.0344 e. The molecule has 1 rings (SSSR count). The van der Waals surface area contributed by atoms with E-state index in [4.69, 9.17) is 0 Å². The van der Waals surface area contributed by atoms with E-state index >= 15 is 0 Å². The van der Waals surface area contributed by atoms with E-state index in [0.29, 0.717) is 0 Å². The highest BCUT2D eigenvalue weighted by molar-refractivity contribution is 8.03. The van der Waals surface area contributed by atoms with Gasteiger partial charge in [0.1, 0.15) is 0 Å². The summed E-state index contributed by atoms with van der Waals surface area (Å²) in [5.74, 6) is 3.87. The number of hydrogen-bond acceptors (Lipinski definition) is 3. The molecular weight excluding hydrogens is 973 g/mol. The Morgan fingerprint density at radius 2 is 0.342 bits per heavy atom. The second-order valence-electron chi connectivity index (χ2n) is 24.8.